The smallest absolute Gasteiger partial charge is 0.256 e. The molecule has 1 amide bonds. The highest BCUT2D eigenvalue weighted by Crippen LogP contribution is 2.38. The maximum absolute atomic E-state index is 12.3. The lowest BCUT2D eigenvalue weighted by atomic mass is 10.1. The number of carbonyl (C=O) groups is 1. The van der Waals surface area contributed by atoms with Crippen LogP contribution in [0.1, 0.15) is 10.4 Å². The number of aromatic hydroxyl groups is 1. The van der Waals surface area contributed by atoms with Gasteiger partial charge in [0.05, 0.1) is 27.0 Å². The van der Waals surface area contributed by atoms with Gasteiger partial charge in [0.1, 0.15) is 5.75 Å². The van der Waals surface area contributed by atoms with Crippen LogP contribution in [-0.2, 0) is 0 Å². The lowest BCUT2D eigenvalue weighted by molar-refractivity contribution is 0.102. The van der Waals surface area contributed by atoms with Crippen molar-refractivity contribution in [2.24, 2.45) is 0 Å². The number of amides is 1. The molecular weight excluding hydrogens is 286 g/mol. The first-order valence-corrected chi connectivity index (χ1v) is 6.50. The van der Waals surface area contributed by atoms with E-state index >= 15 is 0 Å². The number of rotatable bonds is 5. The van der Waals surface area contributed by atoms with E-state index in [2.05, 4.69) is 5.32 Å². The molecule has 6 nitrogen and oxygen atoms in total. The van der Waals surface area contributed by atoms with E-state index in [4.69, 9.17) is 14.2 Å². The molecule has 2 aromatic rings. The van der Waals surface area contributed by atoms with Crippen LogP contribution < -0.4 is 19.5 Å². The Kier molecular flexibility index (Phi) is 4.73. The molecule has 6 heteroatoms. The Labute approximate surface area is 128 Å². The van der Waals surface area contributed by atoms with Crippen LogP contribution in [-0.4, -0.2) is 32.3 Å². The molecule has 0 saturated heterocycles. The van der Waals surface area contributed by atoms with E-state index in [-0.39, 0.29) is 5.75 Å². The summed E-state index contributed by atoms with van der Waals surface area (Å²) in [6.07, 6.45) is 0. The number of ether oxygens (including phenoxy) is 3. The minimum atomic E-state index is -0.402. The fraction of sp³-hybridized carbons (Fsp3) is 0.188. The van der Waals surface area contributed by atoms with E-state index in [1.807, 2.05) is 0 Å². The predicted octanol–water partition coefficient (Wildman–Crippen LogP) is 2.67. The van der Waals surface area contributed by atoms with Crippen molar-refractivity contribution in [3.05, 3.63) is 42.0 Å². The van der Waals surface area contributed by atoms with Gasteiger partial charge in [0, 0.05) is 5.56 Å². The number of phenols is 1. The van der Waals surface area contributed by atoms with Gasteiger partial charge in [0.15, 0.2) is 11.5 Å². The first kappa shape index (κ1) is 15.5. The molecule has 2 N–H and O–H groups in total. The lowest BCUT2D eigenvalue weighted by Gasteiger charge is -2.14. The normalized spacial score (nSPS) is 9.95. The second kappa shape index (κ2) is 6.71. The molecule has 2 rings (SSSR count). The Hall–Kier alpha value is -2.89. The Morgan fingerprint density at radius 3 is 2.09 bits per heavy atom. The average molecular weight is 303 g/mol. The first-order chi connectivity index (χ1) is 10.6. The van der Waals surface area contributed by atoms with Gasteiger partial charge in [-0.25, -0.2) is 0 Å². The fourth-order valence-corrected chi connectivity index (χ4v) is 1.99. The van der Waals surface area contributed by atoms with Crippen molar-refractivity contribution in [2.75, 3.05) is 26.6 Å². The van der Waals surface area contributed by atoms with Gasteiger partial charge in [-0.2, -0.15) is 0 Å². The Morgan fingerprint density at radius 2 is 1.59 bits per heavy atom. The molecule has 0 spiro atoms. The van der Waals surface area contributed by atoms with Crippen molar-refractivity contribution in [2.45, 2.75) is 0 Å². The number of benzene rings is 2. The molecule has 0 fully saturated rings. The summed E-state index contributed by atoms with van der Waals surface area (Å²) in [5.74, 6) is 0.752. The van der Waals surface area contributed by atoms with E-state index < -0.39 is 5.91 Å². The quantitative estimate of drug-likeness (QED) is 0.830. The molecule has 116 valence electrons. The van der Waals surface area contributed by atoms with Gasteiger partial charge in [-0.05, 0) is 24.3 Å². The lowest BCUT2D eigenvalue weighted by Crippen LogP contribution is -2.12. The van der Waals surface area contributed by atoms with Gasteiger partial charge in [-0.1, -0.05) is 12.1 Å². The second-order valence-electron chi connectivity index (χ2n) is 4.39. The number of hydrogen-bond acceptors (Lipinski definition) is 5. The topological polar surface area (TPSA) is 77.0 Å². The van der Waals surface area contributed by atoms with E-state index in [9.17, 15) is 9.90 Å². The van der Waals surface area contributed by atoms with Crippen LogP contribution in [0.4, 0.5) is 5.69 Å². The van der Waals surface area contributed by atoms with E-state index in [0.29, 0.717) is 28.5 Å². The zero-order chi connectivity index (χ0) is 16.1. The van der Waals surface area contributed by atoms with E-state index in [1.54, 1.807) is 18.2 Å². The second-order valence-corrected chi connectivity index (χ2v) is 4.39. The fourth-order valence-electron chi connectivity index (χ4n) is 1.99. The van der Waals surface area contributed by atoms with E-state index in [0.717, 1.165) is 0 Å². The molecule has 0 aromatic heterocycles. The number of phenolic OH excluding ortho intramolecular Hbond substituents is 1. The SMILES string of the molecule is COc1cc(C(=O)Nc2ccccc2O)cc(OC)c1OC. The third kappa shape index (κ3) is 3.06. The third-order valence-electron chi connectivity index (χ3n) is 3.08. The molecule has 0 bridgehead atoms. The summed E-state index contributed by atoms with van der Waals surface area (Å²) in [5.41, 5.74) is 0.638. The standard InChI is InChI=1S/C16H17NO5/c1-20-13-8-10(9-14(21-2)15(13)22-3)16(19)17-11-6-4-5-7-12(11)18/h4-9,18H,1-3H3,(H,17,19). The molecule has 0 heterocycles. The van der Waals surface area contributed by atoms with Gasteiger partial charge in [0.25, 0.3) is 5.91 Å². The van der Waals surface area contributed by atoms with Gasteiger partial charge >= 0.3 is 0 Å². The molecule has 0 aliphatic rings. The maximum Gasteiger partial charge on any atom is 0.256 e. The first-order valence-electron chi connectivity index (χ1n) is 6.50. The summed E-state index contributed by atoms with van der Waals surface area (Å²) in [5, 5.41) is 12.3. The van der Waals surface area contributed by atoms with Crippen molar-refractivity contribution < 1.29 is 24.1 Å². The van der Waals surface area contributed by atoms with Crippen LogP contribution in [0.15, 0.2) is 36.4 Å². The highest BCUT2D eigenvalue weighted by molar-refractivity contribution is 6.05. The minimum absolute atomic E-state index is 0.0108. The summed E-state index contributed by atoms with van der Waals surface area (Å²) in [4.78, 5) is 12.3. The molecular formula is C16H17NO5. The summed E-state index contributed by atoms with van der Waals surface area (Å²) >= 11 is 0. The Bertz CT molecular complexity index is 659. The highest BCUT2D eigenvalue weighted by atomic mass is 16.5. The maximum atomic E-state index is 12.3. The van der Waals surface area contributed by atoms with Crippen molar-refractivity contribution in [3.8, 4) is 23.0 Å². The molecule has 0 unspecified atom stereocenters. The van der Waals surface area contributed by atoms with Crippen LogP contribution in [0.25, 0.3) is 0 Å². The van der Waals surface area contributed by atoms with Crippen LogP contribution >= 0.6 is 0 Å². The van der Waals surface area contributed by atoms with Crippen molar-refractivity contribution in [1.82, 2.24) is 0 Å². The van der Waals surface area contributed by atoms with E-state index in [1.165, 1.54) is 39.5 Å². The van der Waals surface area contributed by atoms with Crippen molar-refractivity contribution in [1.29, 1.82) is 0 Å². The Balaban J connectivity index is 2.36. The Morgan fingerprint density at radius 1 is 1.00 bits per heavy atom. The monoisotopic (exact) mass is 303 g/mol. The minimum Gasteiger partial charge on any atom is -0.506 e. The molecule has 22 heavy (non-hydrogen) atoms. The van der Waals surface area contributed by atoms with Gasteiger partial charge in [-0.3, -0.25) is 4.79 Å². The molecule has 0 atom stereocenters. The van der Waals surface area contributed by atoms with Gasteiger partial charge < -0.3 is 24.6 Å². The molecule has 0 radical (unpaired) electrons. The number of carbonyl (C=O) groups excluding carboxylic acids is 1. The van der Waals surface area contributed by atoms with Crippen molar-refractivity contribution in [3.63, 3.8) is 0 Å². The number of methoxy groups -OCH3 is 3. The average Bonchev–Trinajstić information content (AvgIpc) is 2.55. The molecule has 0 aliphatic carbocycles. The summed E-state index contributed by atoms with van der Waals surface area (Å²) in [6, 6.07) is 9.55. The number of anilines is 1. The number of hydrogen-bond donors (Lipinski definition) is 2. The van der Waals surface area contributed by atoms with Gasteiger partial charge in [0.2, 0.25) is 5.75 Å². The number of para-hydroxylation sites is 2. The van der Waals surface area contributed by atoms with Crippen molar-refractivity contribution >= 4 is 11.6 Å². The van der Waals surface area contributed by atoms with Crippen LogP contribution in [0, 0.1) is 0 Å². The highest BCUT2D eigenvalue weighted by Gasteiger charge is 2.17. The largest absolute Gasteiger partial charge is 0.506 e. The number of nitrogens with one attached hydrogen (secondary N) is 1. The molecule has 0 saturated carbocycles. The van der Waals surface area contributed by atoms with Crippen LogP contribution in [0.3, 0.4) is 0 Å². The zero-order valence-electron chi connectivity index (χ0n) is 12.5. The predicted molar refractivity (Wildman–Crippen MR) is 82.2 cm³/mol. The molecule has 0 aliphatic heterocycles. The van der Waals surface area contributed by atoms with Crippen LogP contribution in [0.5, 0.6) is 23.0 Å². The summed E-state index contributed by atoms with van der Waals surface area (Å²) in [7, 11) is 4.44. The van der Waals surface area contributed by atoms with Crippen LogP contribution in [0.2, 0.25) is 0 Å². The van der Waals surface area contributed by atoms with Gasteiger partial charge in [-0.15, -0.1) is 0 Å². The summed E-state index contributed by atoms with van der Waals surface area (Å²) < 4.78 is 15.6. The third-order valence-corrected chi connectivity index (χ3v) is 3.08. The summed E-state index contributed by atoms with van der Waals surface area (Å²) in [6.45, 7) is 0. The zero-order valence-corrected chi connectivity index (χ0v) is 12.5. The molecule has 2 aromatic carbocycles.